The highest BCUT2D eigenvalue weighted by atomic mass is 35.5. The van der Waals surface area contributed by atoms with Crippen LogP contribution in [0.25, 0.3) is 16.9 Å². The number of hydrogen-bond donors (Lipinski definition) is 1. The molecule has 0 aliphatic rings. The smallest absolute Gasteiger partial charge is 0.409 e. The lowest BCUT2D eigenvalue weighted by Crippen LogP contribution is -2.51. The summed E-state index contributed by atoms with van der Waals surface area (Å²) < 4.78 is 46.8. The monoisotopic (exact) mass is 497 g/mol. The molecule has 2 aromatic heterocycles. The maximum absolute atomic E-state index is 13.3. The zero-order valence-electron chi connectivity index (χ0n) is 18.6. The number of halogens is 4. The zero-order valence-corrected chi connectivity index (χ0v) is 19.4. The maximum Gasteiger partial charge on any atom is 0.409 e. The fourth-order valence-corrected chi connectivity index (χ4v) is 3.71. The van der Waals surface area contributed by atoms with Crippen LogP contribution >= 0.6 is 11.6 Å². The van der Waals surface area contributed by atoms with Crippen molar-refractivity contribution in [3.63, 3.8) is 0 Å². The Morgan fingerprint density at radius 3 is 2.68 bits per heavy atom. The van der Waals surface area contributed by atoms with Crippen molar-refractivity contribution in [1.29, 1.82) is 0 Å². The van der Waals surface area contributed by atoms with Gasteiger partial charge < -0.3 is 19.4 Å². The number of fused-ring (bicyclic) bond motifs is 1. The topological polar surface area (TPSA) is 88.8 Å². The van der Waals surface area contributed by atoms with Crippen molar-refractivity contribution in [2.75, 3.05) is 13.7 Å². The van der Waals surface area contributed by atoms with E-state index in [0.717, 1.165) is 5.56 Å². The van der Waals surface area contributed by atoms with E-state index in [-0.39, 0.29) is 6.54 Å². The second kappa shape index (κ2) is 10.3. The van der Waals surface area contributed by atoms with Crippen LogP contribution in [0, 0.1) is 0 Å². The van der Waals surface area contributed by atoms with Crippen LogP contribution in [0.15, 0.2) is 42.9 Å². The summed E-state index contributed by atoms with van der Waals surface area (Å²) in [6.07, 6.45) is -0.731. The van der Waals surface area contributed by atoms with Gasteiger partial charge in [0.1, 0.15) is 6.04 Å². The highest BCUT2D eigenvalue weighted by Crippen LogP contribution is 2.29. The predicted molar refractivity (Wildman–Crippen MR) is 120 cm³/mol. The minimum absolute atomic E-state index is 0.129. The number of ether oxygens (including phenoxy) is 1. The van der Waals surface area contributed by atoms with Gasteiger partial charge >= 0.3 is 12.2 Å². The van der Waals surface area contributed by atoms with Crippen molar-refractivity contribution >= 4 is 28.5 Å². The SMILES string of the molecule is CCN(C(=O)NC(CC(=O)Cl)C(F)(F)F)[C@H](C)c1cccc(-c2cn3ccnc3c(OC)n2)c1. The Labute approximate surface area is 198 Å². The number of rotatable bonds is 8. The Hall–Kier alpha value is -3.34. The molecule has 0 saturated carbocycles. The number of carbonyl (C=O) groups excluding carboxylic acids is 2. The van der Waals surface area contributed by atoms with E-state index in [1.165, 1.54) is 12.0 Å². The largest absolute Gasteiger partial charge is 0.478 e. The number of aromatic nitrogens is 3. The van der Waals surface area contributed by atoms with Crippen LogP contribution in [0.4, 0.5) is 18.0 Å². The molecule has 182 valence electrons. The van der Waals surface area contributed by atoms with Crippen molar-refractivity contribution < 1.29 is 27.5 Å². The summed E-state index contributed by atoms with van der Waals surface area (Å²) in [5.41, 5.74) is 2.54. The van der Waals surface area contributed by atoms with E-state index in [1.54, 1.807) is 55.0 Å². The Balaban J connectivity index is 1.87. The molecule has 3 rings (SSSR count). The second-order valence-electron chi connectivity index (χ2n) is 7.48. The molecule has 0 fully saturated rings. The van der Waals surface area contributed by atoms with Gasteiger partial charge in [0.15, 0.2) is 5.65 Å². The molecule has 2 amide bonds. The highest BCUT2D eigenvalue weighted by molar-refractivity contribution is 6.63. The van der Waals surface area contributed by atoms with Gasteiger partial charge in [-0.2, -0.15) is 13.2 Å². The molecule has 1 N–H and O–H groups in total. The molecular weight excluding hydrogens is 475 g/mol. The lowest BCUT2D eigenvalue weighted by Gasteiger charge is -2.31. The first-order valence-corrected chi connectivity index (χ1v) is 10.7. The van der Waals surface area contributed by atoms with Crippen LogP contribution in [0.1, 0.15) is 31.9 Å². The first-order chi connectivity index (χ1) is 16.0. The van der Waals surface area contributed by atoms with Gasteiger partial charge in [-0.3, -0.25) is 4.79 Å². The van der Waals surface area contributed by atoms with Crippen LogP contribution in [0.2, 0.25) is 0 Å². The highest BCUT2D eigenvalue weighted by Gasteiger charge is 2.42. The maximum atomic E-state index is 13.3. The van der Waals surface area contributed by atoms with Crippen molar-refractivity contribution in [2.45, 2.75) is 38.5 Å². The molecule has 0 radical (unpaired) electrons. The number of imidazole rings is 1. The van der Waals surface area contributed by atoms with Gasteiger partial charge in [-0.05, 0) is 37.1 Å². The van der Waals surface area contributed by atoms with Crippen LogP contribution in [0.5, 0.6) is 5.88 Å². The number of urea groups is 1. The number of hydrogen-bond acceptors (Lipinski definition) is 5. The van der Waals surface area contributed by atoms with Crippen molar-refractivity contribution in [3.8, 4) is 17.1 Å². The van der Waals surface area contributed by atoms with Gasteiger partial charge in [-0.15, -0.1) is 0 Å². The standard InChI is InChI=1S/C22H23ClF3N5O3/c1-4-31(21(33)29-17(11-18(23)32)22(24,25)26)13(2)14-6-5-7-15(10-14)16-12-30-9-8-27-19(30)20(28-16)34-3/h5-10,12-13,17H,4,11H2,1-3H3,(H,29,33)/t13-,17?/m1/s1. The molecule has 34 heavy (non-hydrogen) atoms. The zero-order chi connectivity index (χ0) is 25.0. The van der Waals surface area contributed by atoms with Gasteiger partial charge in [-0.25, -0.2) is 14.8 Å². The van der Waals surface area contributed by atoms with Gasteiger partial charge in [0.2, 0.25) is 5.24 Å². The number of benzene rings is 1. The molecule has 0 bridgehead atoms. The van der Waals surface area contributed by atoms with E-state index in [0.29, 0.717) is 22.8 Å². The van der Waals surface area contributed by atoms with Crippen LogP contribution in [-0.4, -0.2) is 56.4 Å². The summed E-state index contributed by atoms with van der Waals surface area (Å²) in [5, 5.41) is 0.696. The minimum Gasteiger partial charge on any atom is -0.478 e. The predicted octanol–water partition coefficient (Wildman–Crippen LogP) is 4.58. The van der Waals surface area contributed by atoms with Crippen molar-refractivity contribution in [3.05, 3.63) is 48.4 Å². The number of nitrogens with zero attached hydrogens (tertiary/aromatic N) is 4. The summed E-state index contributed by atoms with van der Waals surface area (Å²) >= 11 is 5.14. The number of carbonyl (C=O) groups is 2. The van der Waals surface area contributed by atoms with E-state index in [2.05, 4.69) is 9.97 Å². The molecule has 3 aromatic rings. The second-order valence-corrected chi connectivity index (χ2v) is 7.91. The third-order valence-electron chi connectivity index (χ3n) is 5.33. The Kier molecular flexibility index (Phi) is 7.65. The van der Waals surface area contributed by atoms with Crippen LogP contribution in [0.3, 0.4) is 0 Å². The van der Waals surface area contributed by atoms with E-state index < -0.39 is 36.0 Å². The molecule has 8 nitrogen and oxygen atoms in total. The molecular formula is C22H23ClF3N5O3. The summed E-state index contributed by atoms with van der Waals surface area (Å²) in [6, 6.07) is 3.24. The molecule has 0 aliphatic heterocycles. The fourth-order valence-electron chi connectivity index (χ4n) is 3.55. The summed E-state index contributed by atoms with van der Waals surface area (Å²) in [5.74, 6) is 0.336. The number of amides is 2. The quantitative estimate of drug-likeness (QED) is 0.460. The molecule has 1 unspecified atom stereocenters. The Morgan fingerprint density at radius 2 is 2.06 bits per heavy atom. The summed E-state index contributed by atoms with van der Waals surface area (Å²) in [4.78, 5) is 33.7. The normalized spacial score (nSPS) is 13.4. The molecule has 0 saturated heterocycles. The van der Waals surface area contributed by atoms with E-state index in [1.807, 2.05) is 11.4 Å². The summed E-state index contributed by atoms with van der Waals surface area (Å²) in [7, 11) is 1.49. The Morgan fingerprint density at radius 1 is 1.32 bits per heavy atom. The molecule has 2 heterocycles. The van der Waals surface area contributed by atoms with E-state index >= 15 is 0 Å². The van der Waals surface area contributed by atoms with Gasteiger partial charge in [-0.1, -0.05) is 18.2 Å². The third-order valence-corrected chi connectivity index (χ3v) is 5.48. The van der Waals surface area contributed by atoms with Crippen molar-refractivity contribution in [1.82, 2.24) is 24.6 Å². The number of alkyl halides is 3. The first kappa shape index (κ1) is 25.3. The van der Waals surface area contributed by atoms with Crippen LogP contribution in [-0.2, 0) is 4.79 Å². The fraction of sp³-hybridized carbons (Fsp3) is 0.364. The third kappa shape index (κ3) is 5.58. The van der Waals surface area contributed by atoms with E-state index in [9.17, 15) is 22.8 Å². The lowest BCUT2D eigenvalue weighted by atomic mass is 10.0. The molecule has 12 heteroatoms. The van der Waals surface area contributed by atoms with Gasteiger partial charge in [0.25, 0.3) is 5.88 Å². The van der Waals surface area contributed by atoms with Crippen LogP contribution < -0.4 is 10.1 Å². The lowest BCUT2D eigenvalue weighted by molar-refractivity contribution is -0.157. The summed E-state index contributed by atoms with van der Waals surface area (Å²) in [6.45, 7) is 3.48. The number of nitrogens with one attached hydrogen (secondary N) is 1. The molecule has 1 aromatic carbocycles. The first-order valence-electron chi connectivity index (χ1n) is 10.3. The molecule has 2 atom stereocenters. The van der Waals surface area contributed by atoms with Crippen molar-refractivity contribution in [2.24, 2.45) is 0 Å². The van der Waals surface area contributed by atoms with Gasteiger partial charge in [0, 0.05) is 30.7 Å². The number of methoxy groups -OCH3 is 1. The van der Waals surface area contributed by atoms with Gasteiger partial charge in [0.05, 0.1) is 25.3 Å². The van der Waals surface area contributed by atoms with E-state index in [4.69, 9.17) is 16.3 Å². The minimum atomic E-state index is -4.82. The molecule has 0 spiro atoms. The average Bonchev–Trinajstić information content (AvgIpc) is 3.26. The Bertz CT molecular complexity index is 1180. The molecule has 0 aliphatic carbocycles. The average molecular weight is 498 g/mol.